The van der Waals surface area contributed by atoms with Gasteiger partial charge in [-0.15, -0.1) is 0 Å². The lowest BCUT2D eigenvalue weighted by atomic mass is 9.87. The van der Waals surface area contributed by atoms with Gasteiger partial charge >= 0.3 is 0 Å². The Balaban J connectivity index is 1.71. The maximum absolute atomic E-state index is 6.26. The van der Waals surface area contributed by atoms with Crippen molar-refractivity contribution in [3.8, 4) is 0 Å². The lowest BCUT2D eigenvalue weighted by Gasteiger charge is -2.33. The van der Waals surface area contributed by atoms with E-state index in [0.29, 0.717) is 0 Å². The van der Waals surface area contributed by atoms with Crippen LogP contribution in [0.1, 0.15) is 22.7 Å². The molecule has 1 aliphatic heterocycles. The van der Waals surface area contributed by atoms with Gasteiger partial charge in [0.05, 0.1) is 22.8 Å². The van der Waals surface area contributed by atoms with E-state index in [-0.39, 0.29) is 6.04 Å². The van der Waals surface area contributed by atoms with Crippen molar-refractivity contribution in [2.45, 2.75) is 6.04 Å². The summed E-state index contributed by atoms with van der Waals surface area (Å²) in [6.07, 6.45) is 0. The summed E-state index contributed by atoms with van der Waals surface area (Å²) in [5.41, 5.74) is 7.79. The minimum atomic E-state index is -0.0616. The second-order valence-corrected chi connectivity index (χ2v) is 8.33. The molecule has 5 aromatic rings. The van der Waals surface area contributed by atoms with Gasteiger partial charge in [0.25, 0.3) is 0 Å². The van der Waals surface area contributed by atoms with Crippen LogP contribution in [0.15, 0.2) is 109 Å². The number of fused-ring (bicyclic) bond motifs is 3. The van der Waals surface area contributed by atoms with Crippen molar-refractivity contribution in [1.29, 1.82) is 0 Å². The molecule has 1 atom stereocenters. The van der Waals surface area contributed by atoms with Crippen molar-refractivity contribution >= 4 is 39.9 Å². The second-order valence-electron chi connectivity index (χ2n) is 7.89. The second kappa shape index (κ2) is 7.70. The summed E-state index contributed by atoms with van der Waals surface area (Å²) in [7, 11) is 0. The van der Waals surface area contributed by atoms with E-state index in [2.05, 4.69) is 94.8 Å². The van der Waals surface area contributed by atoms with E-state index in [0.717, 1.165) is 38.8 Å². The van der Waals surface area contributed by atoms with Gasteiger partial charge < -0.3 is 5.32 Å². The number of allylic oxidation sites excluding steroid dienone is 1. The van der Waals surface area contributed by atoms with Gasteiger partial charge in [-0.1, -0.05) is 96.5 Å². The predicted octanol–water partition coefficient (Wildman–Crippen LogP) is 7.27. The van der Waals surface area contributed by atoms with Crippen LogP contribution in [0.2, 0.25) is 5.02 Å². The van der Waals surface area contributed by atoms with Gasteiger partial charge in [-0.05, 0) is 41.0 Å². The normalized spacial score (nSPS) is 15.5. The zero-order chi connectivity index (χ0) is 21.5. The lowest BCUT2D eigenvalue weighted by Crippen LogP contribution is -2.23. The molecule has 0 bridgehead atoms. The SMILES string of the molecule is Clc1ccc(C2C(c3ccccc3)=C(c3ccccc3)Nc3nc4ccccc4n32)cc1. The zero-order valence-electron chi connectivity index (χ0n) is 17.2. The summed E-state index contributed by atoms with van der Waals surface area (Å²) in [6, 6.07) is 37.4. The minimum absolute atomic E-state index is 0.0616. The fourth-order valence-electron chi connectivity index (χ4n) is 4.55. The third kappa shape index (κ3) is 3.10. The molecule has 0 spiro atoms. The molecule has 4 aromatic carbocycles. The van der Waals surface area contributed by atoms with Crippen LogP contribution in [0.25, 0.3) is 22.3 Å². The molecule has 6 rings (SSSR count). The molecule has 1 N–H and O–H groups in total. The van der Waals surface area contributed by atoms with Gasteiger partial charge in [-0.2, -0.15) is 0 Å². The smallest absolute Gasteiger partial charge is 0.209 e. The Labute approximate surface area is 191 Å². The first-order chi connectivity index (χ1) is 15.8. The van der Waals surface area contributed by atoms with E-state index in [9.17, 15) is 0 Å². The molecule has 1 aliphatic rings. The quantitative estimate of drug-likeness (QED) is 0.324. The molecule has 0 aliphatic carbocycles. The number of aromatic nitrogens is 2. The number of halogens is 1. The molecule has 1 aromatic heterocycles. The van der Waals surface area contributed by atoms with Gasteiger partial charge in [0.1, 0.15) is 0 Å². The summed E-state index contributed by atoms with van der Waals surface area (Å²) in [5, 5.41) is 4.40. The number of benzene rings is 4. The molecule has 1 unspecified atom stereocenters. The van der Waals surface area contributed by atoms with Gasteiger partial charge in [0, 0.05) is 10.6 Å². The van der Waals surface area contributed by atoms with Gasteiger partial charge in [0.2, 0.25) is 5.95 Å². The highest BCUT2D eigenvalue weighted by Crippen LogP contribution is 2.46. The highest BCUT2D eigenvalue weighted by molar-refractivity contribution is 6.30. The van der Waals surface area contributed by atoms with Crippen LogP contribution in [-0.2, 0) is 0 Å². The lowest BCUT2D eigenvalue weighted by molar-refractivity contribution is 0.737. The number of imidazole rings is 1. The number of nitrogens with zero attached hydrogens (tertiary/aromatic N) is 2. The Morgan fingerprint density at radius 2 is 1.31 bits per heavy atom. The number of rotatable bonds is 3. The molecule has 154 valence electrons. The predicted molar refractivity (Wildman–Crippen MR) is 133 cm³/mol. The first-order valence-corrected chi connectivity index (χ1v) is 11.0. The minimum Gasteiger partial charge on any atom is -0.325 e. The average molecular weight is 434 g/mol. The summed E-state index contributed by atoms with van der Waals surface area (Å²) in [4.78, 5) is 4.94. The molecule has 0 saturated carbocycles. The largest absolute Gasteiger partial charge is 0.325 e. The molecule has 0 amide bonds. The molecule has 0 radical (unpaired) electrons. The van der Waals surface area contributed by atoms with Gasteiger partial charge in [0.15, 0.2) is 0 Å². The number of hydrogen-bond donors (Lipinski definition) is 1. The first-order valence-electron chi connectivity index (χ1n) is 10.6. The Morgan fingerprint density at radius 3 is 2.03 bits per heavy atom. The third-order valence-corrected chi connectivity index (χ3v) is 6.22. The number of hydrogen-bond acceptors (Lipinski definition) is 2. The summed E-state index contributed by atoms with van der Waals surface area (Å²) < 4.78 is 2.30. The van der Waals surface area contributed by atoms with Crippen LogP contribution >= 0.6 is 11.6 Å². The average Bonchev–Trinajstić information content (AvgIpc) is 3.23. The zero-order valence-corrected chi connectivity index (χ0v) is 18.0. The van der Waals surface area contributed by atoms with Crippen LogP contribution < -0.4 is 5.32 Å². The molecule has 2 heterocycles. The van der Waals surface area contributed by atoms with Crippen LogP contribution in [-0.4, -0.2) is 9.55 Å². The Bertz CT molecular complexity index is 1440. The van der Waals surface area contributed by atoms with E-state index in [1.165, 1.54) is 11.1 Å². The highest BCUT2D eigenvalue weighted by Gasteiger charge is 2.32. The van der Waals surface area contributed by atoms with E-state index >= 15 is 0 Å². The van der Waals surface area contributed by atoms with Crippen LogP contribution in [0, 0.1) is 0 Å². The molecular formula is C28H20ClN3. The molecular weight excluding hydrogens is 414 g/mol. The first kappa shape index (κ1) is 18.9. The third-order valence-electron chi connectivity index (χ3n) is 5.97. The van der Waals surface area contributed by atoms with Crippen LogP contribution in [0.5, 0.6) is 0 Å². The van der Waals surface area contributed by atoms with Crippen molar-refractivity contribution in [1.82, 2.24) is 9.55 Å². The summed E-state index contributed by atoms with van der Waals surface area (Å²) in [5.74, 6) is 0.838. The van der Waals surface area contributed by atoms with Crippen molar-refractivity contribution in [2.75, 3.05) is 5.32 Å². The fourth-order valence-corrected chi connectivity index (χ4v) is 4.68. The monoisotopic (exact) mass is 433 g/mol. The maximum Gasteiger partial charge on any atom is 0.209 e. The molecule has 3 nitrogen and oxygen atoms in total. The Kier molecular flexibility index (Phi) is 4.55. The van der Waals surface area contributed by atoms with E-state index in [4.69, 9.17) is 16.6 Å². The Morgan fingerprint density at radius 1 is 0.688 bits per heavy atom. The maximum atomic E-state index is 6.26. The van der Waals surface area contributed by atoms with E-state index in [1.54, 1.807) is 0 Å². The van der Waals surface area contributed by atoms with Gasteiger partial charge in [-0.3, -0.25) is 4.57 Å². The van der Waals surface area contributed by atoms with E-state index < -0.39 is 0 Å². The highest BCUT2D eigenvalue weighted by atomic mass is 35.5. The fraction of sp³-hybridized carbons (Fsp3) is 0.0357. The summed E-state index contributed by atoms with van der Waals surface area (Å²) in [6.45, 7) is 0. The number of nitrogens with one attached hydrogen (secondary N) is 1. The Hall–Kier alpha value is -3.82. The molecule has 32 heavy (non-hydrogen) atoms. The molecule has 4 heteroatoms. The standard InChI is InChI=1S/C28H20ClN3/c29-22-17-15-21(16-18-22)27-25(19-9-3-1-4-10-19)26(20-11-5-2-6-12-20)31-28-30-23-13-7-8-14-24(23)32(27)28/h1-18,27H,(H,30,31). The van der Waals surface area contributed by atoms with Crippen LogP contribution in [0.3, 0.4) is 0 Å². The summed E-state index contributed by atoms with van der Waals surface area (Å²) >= 11 is 6.26. The molecule has 0 saturated heterocycles. The number of anilines is 1. The number of para-hydroxylation sites is 2. The molecule has 0 fully saturated rings. The van der Waals surface area contributed by atoms with Crippen LogP contribution in [0.4, 0.5) is 5.95 Å². The topological polar surface area (TPSA) is 29.9 Å². The van der Waals surface area contributed by atoms with Crippen molar-refractivity contribution in [2.24, 2.45) is 0 Å². The van der Waals surface area contributed by atoms with Gasteiger partial charge in [-0.25, -0.2) is 4.98 Å². The van der Waals surface area contributed by atoms with E-state index in [1.807, 2.05) is 24.3 Å². The van der Waals surface area contributed by atoms with Crippen molar-refractivity contribution in [3.63, 3.8) is 0 Å². The van der Waals surface area contributed by atoms with Crippen molar-refractivity contribution in [3.05, 3.63) is 131 Å². The van der Waals surface area contributed by atoms with Crippen molar-refractivity contribution < 1.29 is 0 Å².